The molecule has 0 amide bonds. The lowest BCUT2D eigenvalue weighted by molar-refractivity contribution is 0.252. The zero-order valence-corrected chi connectivity index (χ0v) is 10.9. The van der Waals surface area contributed by atoms with Gasteiger partial charge in [-0.15, -0.1) is 12.4 Å². The van der Waals surface area contributed by atoms with Crippen LogP contribution < -0.4 is 5.73 Å². The number of hydrogen-bond donors (Lipinski definition) is 1. The summed E-state index contributed by atoms with van der Waals surface area (Å²) >= 11 is 0. The van der Waals surface area contributed by atoms with E-state index in [2.05, 4.69) is 11.8 Å². The summed E-state index contributed by atoms with van der Waals surface area (Å²) in [5.41, 5.74) is 6.47. The topological polar surface area (TPSA) is 29.3 Å². The number of hydrogen-bond acceptors (Lipinski definition) is 2. The lowest BCUT2D eigenvalue weighted by Crippen LogP contribution is -2.27. The van der Waals surface area contributed by atoms with Gasteiger partial charge in [0.15, 0.2) is 0 Å². The third-order valence-corrected chi connectivity index (χ3v) is 3.46. The van der Waals surface area contributed by atoms with Crippen molar-refractivity contribution in [2.24, 2.45) is 11.7 Å². The minimum atomic E-state index is -0.106. The number of benzene rings is 1. The van der Waals surface area contributed by atoms with Gasteiger partial charge in [0.25, 0.3) is 0 Å². The summed E-state index contributed by atoms with van der Waals surface area (Å²) in [6.07, 6.45) is 1.13. The van der Waals surface area contributed by atoms with Gasteiger partial charge in [-0.25, -0.2) is 4.39 Å². The Bertz CT molecular complexity index is 359. The molecule has 0 radical (unpaired) electrons. The first kappa shape index (κ1) is 14.4. The van der Waals surface area contributed by atoms with E-state index < -0.39 is 0 Å². The van der Waals surface area contributed by atoms with E-state index in [4.69, 9.17) is 5.73 Å². The predicted octanol–water partition coefficient (Wildman–Crippen LogP) is 2.42. The molecular weight excluding hydrogens is 239 g/mol. The minimum Gasteiger partial charge on any atom is -0.330 e. The second-order valence-corrected chi connectivity index (χ2v) is 4.71. The molecule has 2 N–H and O–H groups in total. The van der Waals surface area contributed by atoms with Crippen LogP contribution >= 0.6 is 12.4 Å². The summed E-state index contributed by atoms with van der Waals surface area (Å²) < 4.78 is 13.5. The van der Waals surface area contributed by atoms with Gasteiger partial charge in [0, 0.05) is 24.7 Å². The van der Waals surface area contributed by atoms with Crippen molar-refractivity contribution in [2.75, 3.05) is 13.1 Å². The molecule has 1 saturated heterocycles. The molecule has 96 valence electrons. The van der Waals surface area contributed by atoms with Crippen LogP contribution in [0.25, 0.3) is 0 Å². The van der Waals surface area contributed by atoms with Crippen LogP contribution in [0.2, 0.25) is 0 Å². The molecule has 2 unspecified atom stereocenters. The smallest absolute Gasteiger partial charge is 0.127 e. The normalized spacial score (nSPS) is 24.6. The van der Waals surface area contributed by atoms with Crippen molar-refractivity contribution in [3.63, 3.8) is 0 Å². The summed E-state index contributed by atoms with van der Waals surface area (Å²) in [5.74, 6) is 0.465. The van der Waals surface area contributed by atoms with Gasteiger partial charge in [0.2, 0.25) is 0 Å². The fourth-order valence-electron chi connectivity index (χ4n) is 2.45. The van der Waals surface area contributed by atoms with Crippen LogP contribution in [0.15, 0.2) is 24.3 Å². The Balaban J connectivity index is 0.00000144. The van der Waals surface area contributed by atoms with E-state index >= 15 is 0 Å². The van der Waals surface area contributed by atoms with Crippen molar-refractivity contribution in [2.45, 2.75) is 25.9 Å². The Morgan fingerprint density at radius 1 is 1.41 bits per heavy atom. The summed E-state index contributed by atoms with van der Waals surface area (Å²) in [7, 11) is 0. The molecule has 1 aromatic rings. The van der Waals surface area contributed by atoms with E-state index in [1.54, 1.807) is 6.07 Å². The summed E-state index contributed by atoms with van der Waals surface area (Å²) in [6.45, 7) is 4.62. The fourth-order valence-corrected chi connectivity index (χ4v) is 2.45. The maximum atomic E-state index is 13.5. The molecule has 2 atom stereocenters. The van der Waals surface area contributed by atoms with Crippen molar-refractivity contribution in [1.82, 2.24) is 4.90 Å². The van der Waals surface area contributed by atoms with Gasteiger partial charge in [-0.1, -0.05) is 18.2 Å². The van der Waals surface area contributed by atoms with Gasteiger partial charge in [0.1, 0.15) is 5.82 Å². The van der Waals surface area contributed by atoms with E-state index in [9.17, 15) is 4.39 Å². The standard InChI is InChI=1S/C13H19FN2.ClH/c1-10-6-11(7-15)8-16(10)9-12-4-2-3-5-13(12)14;/h2-5,10-11H,6-9,15H2,1H3;1H. The van der Waals surface area contributed by atoms with Crippen LogP contribution in [-0.4, -0.2) is 24.0 Å². The molecule has 0 aromatic heterocycles. The SMILES string of the molecule is CC1CC(CN)CN1Cc1ccccc1F.Cl. The van der Waals surface area contributed by atoms with Gasteiger partial charge in [-0.05, 0) is 31.9 Å². The molecule has 4 heteroatoms. The van der Waals surface area contributed by atoms with Crippen molar-refractivity contribution < 1.29 is 4.39 Å². The summed E-state index contributed by atoms with van der Waals surface area (Å²) in [4.78, 5) is 2.32. The zero-order chi connectivity index (χ0) is 11.5. The van der Waals surface area contributed by atoms with E-state index in [0.29, 0.717) is 18.5 Å². The van der Waals surface area contributed by atoms with Gasteiger partial charge in [-0.3, -0.25) is 4.90 Å². The molecule has 0 aliphatic carbocycles. The molecule has 0 spiro atoms. The molecule has 1 fully saturated rings. The lowest BCUT2D eigenvalue weighted by atomic mass is 10.1. The molecule has 1 heterocycles. The minimum absolute atomic E-state index is 0. The number of likely N-dealkylation sites (tertiary alicyclic amines) is 1. The highest BCUT2D eigenvalue weighted by molar-refractivity contribution is 5.85. The summed E-state index contributed by atoms with van der Waals surface area (Å²) in [6, 6.07) is 7.51. The average molecular weight is 259 g/mol. The first-order valence-corrected chi connectivity index (χ1v) is 5.88. The monoisotopic (exact) mass is 258 g/mol. The molecule has 2 rings (SSSR count). The molecule has 1 aromatic carbocycles. The highest BCUT2D eigenvalue weighted by atomic mass is 35.5. The molecule has 1 aliphatic heterocycles. The van der Waals surface area contributed by atoms with Crippen LogP contribution in [0.3, 0.4) is 0 Å². The van der Waals surface area contributed by atoms with Gasteiger partial charge in [0.05, 0.1) is 0 Å². The Hall–Kier alpha value is -0.640. The van der Waals surface area contributed by atoms with Crippen LogP contribution in [0, 0.1) is 11.7 Å². The highest BCUT2D eigenvalue weighted by Gasteiger charge is 2.28. The average Bonchev–Trinajstić information content (AvgIpc) is 2.63. The van der Waals surface area contributed by atoms with Crippen molar-refractivity contribution in [1.29, 1.82) is 0 Å². The number of nitrogens with two attached hydrogens (primary N) is 1. The van der Waals surface area contributed by atoms with E-state index in [0.717, 1.165) is 25.1 Å². The van der Waals surface area contributed by atoms with E-state index in [1.165, 1.54) is 6.07 Å². The maximum absolute atomic E-state index is 13.5. The van der Waals surface area contributed by atoms with E-state index in [1.807, 2.05) is 12.1 Å². The Morgan fingerprint density at radius 3 is 2.71 bits per heavy atom. The number of halogens is 2. The lowest BCUT2D eigenvalue weighted by Gasteiger charge is -2.21. The van der Waals surface area contributed by atoms with Crippen molar-refractivity contribution in [3.8, 4) is 0 Å². The number of rotatable bonds is 3. The second kappa shape index (κ2) is 6.34. The third-order valence-electron chi connectivity index (χ3n) is 3.46. The Morgan fingerprint density at radius 2 is 2.12 bits per heavy atom. The fraction of sp³-hybridized carbons (Fsp3) is 0.538. The predicted molar refractivity (Wildman–Crippen MR) is 70.7 cm³/mol. The van der Waals surface area contributed by atoms with Gasteiger partial charge >= 0.3 is 0 Å². The quantitative estimate of drug-likeness (QED) is 0.902. The van der Waals surface area contributed by atoms with Crippen molar-refractivity contribution in [3.05, 3.63) is 35.6 Å². The zero-order valence-electron chi connectivity index (χ0n) is 10.1. The van der Waals surface area contributed by atoms with Crippen LogP contribution in [-0.2, 0) is 6.54 Å². The molecule has 2 nitrogen and oxygen atoms in total. The van der Waals surface area contributed by atoms with Crippen LogP contribution in [0.5, 0.6) is 0 Å². The molecule has 0 bridgehead atoms. The van der Waals surface area contributed by atoms with E-state index in [-0.39, 0.29) is 18.2 Å². The first-order chi connectivity index (χ1) is 7.70. The Kier molecular flexibility index (Phi) is 5.37. The molecule has 17 heavy (non-hydrogen) atoms. The maximum Gasteiger partial charge on any atom is 0.127 e. The summed E-state index contributed by atoms with van der Waals surface area (Å²) in [5, 5.41) is 0. The third kappa shape index (κ3) is 3.41. The second-order valence-electron chi connectivity index (χ2n) is 4.71. The highest BCUT2D eigenvalue weighted by Crippen LogP contribution is 2.24. The van der Waals surface area contributed by atoms with Gasteiger partial charge < -0.3 is 5.73 Å². The van der Waals surface area contributed by atoms with Crippen LogP contribution in [0.4, 0.5) is 4.39 Å². The largest absolute Gasteiger partial charge is 0.330 e. The first-order valence-electron chi connectivity index (χ1n) is 5.88. The molecule has 0 saturated carbocycles. The Labute approximate surface area is 108 Å². The molecular formula is C13H20ClFN2. The van der Waals surface area contributed by atoms with Gasteiger partial charge in [-0.2, -0.15) is 0 Å². The molecule has 1 aliphatic rings. The number of nitrogens with zero attached hydrogens (tertiary/aromatic N) is 1. The van der Waals surface area contributed by atoms with Crippen LogP contribution in [0.1, 0.15) is 18.9 Å². The van der Waals surface area contributed by atoms with Crippen molar-refractivity contribution >= 4 is 12.4 Å².